The summed E-state index contributed by atoms with van der Waals surface area (Å²) in [6, 6.07) is 7.42. The Balaban J connectivity index is 0.00000256. The van der Waals surface area contributed by atoms with Gasteiger partial charge in [0.25, 0.3) is 5.91 Å². The van der Waals surface area contributed by atoms with Gasteiger partial charge in [-0.1, -0.05) is 22.9 Å². The van der Waals surface area contributed by atoms with E-state index in [0.29, 0.717) is 22.4 Å². The second-order valence-electron chi connectivity index (χ2n) is 7.17. The van der Waals surface area contributed by atoms with E-state index in [2.05, 4.69) is 10.00 Å². The molecule has 0 spiro atoms. The Kier molecular flexibility index (Phi) is 7.70. The van der Waals surface area contributed by atoms with Crippen molar-refractivity contribution in [1.29, 1.82) is 0 Å². The number of nitrogens with zero attached hydrogens (tertiary/aromatic N) is 5. The predicted octanol–water partition coefficient (Wildman–Crippen LogP) is 3.78. The van der Waals surface area contributed by atoms with Crippen molar-refractivity contribution in [3.05, 3.63) is 40.7 Å². The second kappa shape index (κ2) is 10.1. The molecule has 3 aromatic rings. The van der Waals surface area contributed by atoms with Crippen LogP contribution in [-0.2, 0) is 11.8 Å². The maximum absolute atomic E-state index is 13.3. The largest absolute Gasteiger partial charge is 0.379 e. The van der Waals surface area contributed by atoms with Gasteiger partial charge in [0.05, 0.1) is 23.4 Å². The number of anilines is 1. The number of hydrogen-bond acceptors (Lipinski definition) is 6. The monoisotopic (exact) mass is 469 g/mol. The molecule has 1 fully saturated rings. The summed E-state index contributed by atoms with van der Waals surface area (Å²) in [7, 11) is 1.84. The van der Waals surface area contributed by atoms with Crippen LogP contribution in [0.2, 0.25) is 5.02 Å². The minimum Gasteiger partial charge on any atom is -0.379 e. The Morgan fingerprint density at radius 1 is 1.30 bits per heavy atom. The molecule has 2 aromatic heterocycles. The summed E-state index contributed by atoms with van der Waals surface area (Å²) < 4.78 is 8.10. The minimum absolute atomic E-state index is 0. The fourth-order valence-corrected chi connectivity index (χ4v) is 4.63. The Morgan fingerprint density at radius 2 is 2.07 bits per heavy atom. The molecule has 1 saturated heterocycles. The zero-order valence-electron chi connectivity index (χ0n) is 17.0. The number of amides is 1. The van der Waals surface area contributed by atoms with Crippen LogP contribution < -0.4 is 4.90 Å². The molecule has 0 radical (unpaired) electrons. The zero-order valence-corrected chi connectivity index (χ0v) is 19.4. The number of aryl methyl sites for hydroxylation is 2. The van der Waals surface area contributed by atoms with Gasteiger partial charge in [0.15, 0.2) is 10.8 Å². The average Bonchev–Trinajstić information content (AvgIpc) is 3.28. The second-order valence-corrected chi connectivity index (χ2v) is 8.61. The van der Waals surface area contributed by atoms with E-state index in [1.165, 1.54) is 11.3 Å². The van der Waals surface area contributed by atoms with Crippen molar-refractivity contribution in [3.63, 3.8) is 0 Å². The molecular weight excluding hydrogens is 445 g/mol. The van der Waals surface area contributed by atoms with E-state index in [9.17, 15) is 4.79 Å². The van der Waals surface area contributed by atoms with Gasteiger partial charge in [-0.05, 0) is 37.6 Å². The lowest BCUT2D eigenvalue weighted by molar-refractivity contribution is 0.0376. The highest BCUT2D eigenvalue weighted by atomic mass is 35.5. The van der Waals surface area contributed by atoms with E-state index in [1.54, 1.807) is 9.58 Å². The van der Waals surface area contributed by atoms with E-state index >= 15 is 0 Å². The lowest BCUT2D eigenvalue weighted by Gasteiger charge is -2.27. The number of morpholine rings is 1. The van der Waals surface area contributed by atoms with Crippen LogP contribution >= 0.6 is 35.3 Å². The number of hydrogen-bond donors (Lipinski definition) is 0. The van der Waals surface area contributed by atoms with E-state index in [0.717, 1.165) is 55.2 Å². The highest BCUT2D eigenvalue weighted by Crippen LogP contribution is 2.31. The van der Waals surface area contributed by atoms with E-state index in [4.69, 9.17) is 21.3 Å². The van der Waals surface area contributed by atoms with Crippen molar-refractivity contribution in [1.82, 2.24) is 19.7 Å². The van der Waals surface area contributed by atoms with Gasteiger partial charge in [-0.3, -0.25) is 19.3 Å². The highest BCUT2D eigenvalue weighted by Gasteiger charge is 2.24. The minimum atomic E-state index is -0.124. The van der Waals surface area contributed by atoms with Gasteiger partial charge in [-0.25, -0.2) is 4.98 Å². The fraction of sp³-hybridized carbons (Fsp3) is 0.450. The molecule has 30 heavy (non-hydrogen) atoms. The molecule has 10 heteroatoms. The fourth-order valence-electron chi connectivity index (χ4n) is 3.37. The first-order valence-electron chi connectivity index (χ1n) is 9.70. The average molecular weight is 470 g/mol. The van der Waals surface area contributed by atoms with Gasteiger partial charge in [0.1, 0.15) is 0 Å². The van der Waals surface area contributed by atoms with Crippen LogP contribution in [0.1, 0.15) is 22.6 Å². The Morgan fingerprint density at radius 3 is 2.77 bits per heavy atom. The number of ether oxygens (including phenoxy) is 1. The van der Waals surface area contributed by atoms with Crippen molar-refractivity contribution in [2.24, 2.45) is 7.05 Å². The van der Waals surface area contributed by atoms with Crippen LogP contribution in [0.15, 0.2) is 24.3 Å². The summed E-state index contributed by atoms with van der Waals surface area (Å²) in [5.41, 5.74) is 2.23. The SMILES string of the molecule is Cc1cc(C(=O)N(CCCN2CCOCC2)c2nc3ccc(Cl)cc3s2)nn1C.Cl. The molecule has 1 amide bonds. The molecule has 1 aliphatic heterocycles. The van der Waals surface area contributed by atoms with Crippen LogP contribution in [0, 0.1) is 6.92 Å². The van der Waals surface area contributed by atoms with Crippen LogP contribution in [0.3, 0.4) is 0 Å². The van der Waals surface area contributed by atoms with Gasteiger partial charge in [-0.2, -0.15) is 5.10 Å². The number of halogens is 2. The summed E-state index contributed by atoms with van der Waals surface area (Å²) in [4.78, 5) is 22.1. The molecule has 1 aliphatic rings. The molecular formula is C20H25Cl2N5O2S. The summed E-state index contributed by atoms with van der Waals surface area (Å²) in [5, 5.41) is 5.72. The molecule has 7 nitrogen and oxygen atoms in total. The quantitative estimate of drug-likeness (QED) is 0.549. The Hall–Kier alpha value is -1.71. The maximum atomic E-state index is 13.3. The molecule has 3 heterocycles. The van der Waals surface area contributed by atoms with Crippen molar-refractivity contribution < 1.29 is 9.53 Å². The summed E-state index contributed by atoms with van der Waals surface area (Å²) >= 11 is 7.61. The van der Waals surface area contributed by atoms with Crippen LogP contribution in [0.4, 0.5) is 5.13 Å². The third-order valence-electron chi connectivity index (χ3n) is 5.11. The molecule has 1 aromatic carbocycles. The van der Waals surface area contributed by atoms with Gasteiger partial charge in [-0.15, -0.1) is 12.4 Å². The molecule has 4 rings (SSSR count). The number of thiazole rings is 1. The molecule has 0 bridgehead atoms. The Bertz CT molecular complexity index is 996. The Labute approximate surface area is 191 Å². The summed E-state index contributed by atoms with van der Waals surface area (Å²) in [6.45, 7) is 6.86. The molecule has 0 unspecified atom stereocenters. The van der Waals surface area contributed by atoms with Gasteiger partial charge >= 0.3 is 0 Å². The third-order valence-corrected chi connectivity index (χ3v) is 6.38. The number of carbonyl (C=O) groups excluding carboxylic acids is 1. The molecule has 0 saturated carbocycles. The van der Waals surface area contributed by atoms with Gasteiger partial charge in [0.2, 0.25) is 0 Å². The summed E-state index contributed by atoms with van der Waals surface area (Å²) in [5.74, 6) is -0.124. The van der Waals surface area contributed by atoms with Gasteiger partial charge in [0, 0.05) is 43.9 Å². The number of carbonyl (C=O) groups is 1. The van der Waals surface area contributed by atoms with Crippen molar-refractivity contribution in [2.75, 3.05) is 44.3 Å². The van der Waals surface area contributed by atoms with Crippen LogP contribution in [-0.4, -0.2) is 65.0 Å². The first kappa shape index (κ1) is 23.0. The number of rotatable bonds is 6. The highest BCUT2D eigenvalue weighted by molar-refractivity contribution is 7.22. The van der Waals surface area contributed by atoms with Crippen LogP contribution in [0.25, 0.3) is 10.2 Å². The summed E-state index contributed by atoms with van der Waals surface area (Å²) in [6.07, 6.45) is 0.855. The molecule has 162 valence electrons. The number of aromatic nitrogens is 3. The van der Waals surface area contributed by atoms with Crippen molar-refractivity contribution in [3.8, 4) is 0 Å². The molecule has 0 aliphatic carbocycles. The van der Waals surface area contributed by atoms with Gasteiger partial charge < -0.3 is 4.74 Å². The lowest BCUT2D eigenvalue weighted by atomic mass is 10.3. The molecule has 0 N–H and O–H groups in total. The van der Waals surface area contributed by atoms with E-state index in [1.807, 2.05) is 38.2 Å². The van der Waals surface area contributed by atoms with Crippen LogP contribution in [0.5, 0.6) is 0 Å². The number of benzene rings is 1. The maximum Gasteiger partial charge on any atom is 0.280 e. The zero-order chi connectivity index (χ0) is 20.4. The van der Waals surface area contributed by atoms with Crippen molar-refractivity contribution >= 4 is 56.6 Å². The van der Waals surface area contributed by atoms with E-state index in [-0.39, 0.29) is 18.3 Å². The first-order chi connectivity index (χ1) is 14.0. The lowest BCUT2D eigenvalue weighted by Crippen LogP contribution is -2.39. The standard InChI is InChI=1S/C20H24ClN5O2S.ClH/c1-14-12-17(23-24(14)2)19(27)26(7-3-6-25-8-10-28-11-9-25)20-22-16-5-4-15(21)13-18(16)29-20;/h4-5,12-13H,3,6-11H2,1-2H3;1H. The smallest absolute Gasteiger partial charge is 0.280 e. The first-order valence-corrected chi connectivity index (χ1v) is 10.9. The molecule has 0 atom stereocenters. The van der Waals surface area contributed by atoms with Crippen molar-refractivity contribution in [2.45, 2.75) is 13.3 Å². The third kappa shape index (κ3) is 5.12. The topological polar surface area (TPSA) is 63.5 Å². The predicted molar refractivity (Wildman–Crippen MR) is 123 cm³/mol. The normalized spacial score (nSPS) is 14.6. The van der Waals surface area contributed by atoms with E-state index < -0.39 is 0 Å². The number of fused-ring (bicyclic) bond motifs is 1.